The Kier molecular flexibility index (Phi) is 18.4. The Morgan fingerprint density at radius 3 is 2.41 bits per heavy atom. The molecule has 0 radical (unpaired) electrons. The molecule has 4 aromatic carbocycles. The number of benzene rings is 4. The molecule has 0 spiro atoms. The largest absolute Gasteiger partial charge is 0.493 e. The molecule has 73 heavy (non-hydrogen) atoms. The monoisotopic (exact) mass is 991 g/mol. The summed E-state index contributed by atoms with van der Waals surface area (Å²) in [5.74, 6) is 2.24. The van der Waals surface area contributed by atoms with Crippen LogP contribution in [0, 0.1) is 5.82 Å². The van der Waals surface area contributed by atoms with E-state index in [-0.39, 0.29) is 26.4 Å². The molecule has 14 nitrogen and oxygen atoms in total. The summed E-state index contributed by atoms with van der Waals surface area (Å²) < 4.78 is 53.9. The van der Waals surface area contributed by atoms with Gasteiger partial charge in [0.15, 0.2) is 6.23 Å². The minimum atomic E-state index is -0.790. The normalized spacial score (nSPS) is 17.5. The first-order valence-electron chi connectivity index (χ1n) is 25.7. The molecule has 2 aromatic heterocycles. The molecule has 3 aliphatic rings. The first-order chi connectivity index (χ1) is 35.9. The maximum absolute atomic E-state index is 15.3. The molecule has 6 aromatic rings. The summed E-state index contributed by atoms with van der Waals surface area (Å²) >= 11 is 0. The maximum Gasteiger partial charge on any atom is 0.232 e. The molecule has 0 saturated carbocycles. The number of likely N-dealkylation sites (N-methyl/N-ethyl adjacent to an activating group) is 1. The lowest BCUT2D eigenvalue weighted by atomic mass is 10.1. The number of hydrogen-bond acceptors (Lipinski definition) is 14. The van der Waals surface area contributed by atoms with Crippen LogP contribution < -0.4 is 24.4 Å². The van der Waals surface area contributed by atoms with Crippen LogP contribution in [-0.2, 0) is 34.0 Å². The SMILES string of the molecule is CCCCN(C)CCOc1ccc2cc1COC/C=C/CCOc1cc(F)cc(c1)-c1ccnc(n1)N2C1/C=C/COCc2cc(ccc2OCCCN2CCCC2)Nc2nccc(n2)-c2cccc(c2)CO1. The number of nitrogens with zero attached hydrogens (tertiary/aromatic N) is 7. The highest BCUT2D eigenvalue weighted by Gasteiger charge is 2.25. The summed E-state index contributed by atoms with van der Waals surface area (Å²) in [7, 11) is 2.12. The summed E-state index contributed by atoms with van der Waals surface area (Å²) in [6.45, 7) is 10.2. The van der Waals surface area contributed by atoms with Crippen LogP contribution in [-0.4, -0.2) is 109 Å². The van der Waals surface area contributed by atoms with Crippen LogP contribution in [0.1, 0.15) is 62.1 Å². The van der Waals surface area contributed by atoms with Gasteiger partial charge in [-0.15, -0.1) is 0 Å². The predicted molar refractivity (Wildman–Crippen MR) is 283 cm³/mol. The second-order valence-corrected chi connectivity index (χ2v) is 18.5. The molecule has 1 unspecified atom stereocenters. The molecule has 9 rings (SSSR count). The molecular formula is C58H67FN8O6. The van der Waals surface area contributed by atoms with Gasteiger partial charge in [-0.05, 0) is 137 Å². The van der Waals surface area contributed by atoms with Gasteiger partial charge in [0.1, 0.15) is 29.7 Å². The fourth-order valence-electron chi connectivity index (χ4n) is 9.01. The molecule has 15 heteroatoms. The van der Waals surface area contributed by atoms with Crippen LogP contribution >= 0.6 is 0 Å². The van der Waals surface area contributed by atoms with Crippen molar-refractivity contribution < 1.29 is 32.8 Å². The second kappa shape index (κ2) is 26.3. The van der Waals surface area contributed by atoms with Crippen LogP contribution in [0.4, 0.5) is 27.7 Å². The molecule has 3 aliphatic heterocycles. The first kappa shape index (κ1) is 51.2. The van der Waals surface area contributed by atoms with Crippen LogP contribution in [0.2, 0.25) is 0 Å². The van der Waals surface area contributed by atoms with Gasteiger partial charge in [0.2, 0.25) is 11.9 Å². The zero-order valence-corrected chi connectivity index (χ0v) is 42.1. The molecule has 1 saturated heterocycles. The van der Waals surface area contributed by atoms with E-state index in [9.17, 15) is 0 Å². The van der Waals surface area contributed by atoms with Crippen molar-refractivity contribution in [3.05, 3.63) is 150 Å². The van der Waals surface area contributed by atoms with Gasteiger partial charge in [0, 0.05) is 65.2 Å². The molecule has 1 atom stereocenters. The Balaban J connectivity index is 1.09. The van der Waals surface area contributed by atoms with E-state index in [1.807, 2.05) is 89.9 Å². The van der Waals surface area contributed by atoms with Crippen molar-refractivity contribution in [2.24, 2.45) is 0 Å². The number of aromatic nitrogens is 4. The highest BCUT2D eigenvalue weighted by atomic mass is 19.1. The third kappa shape index (κ3) is 14.7. The number of unbranched alkanes of at least 4 members (excludes halogenated alkanes) is 1. The van der Waals surface area contributed by atoms with Gasteiger partial charge >= 0.3 is 0 Å². The standard InChI is InChI=1S/C58H67FN8O6/c1-3-4-24-65(2)28-33-72-55-19-17-50-37-47(55)42-68-29-8-5-9-31-70-51-38-45(35-48(59)39-51)53-21-23-61-58(64-53)67(50)56-15-11-30-69-41-46-36-49(16-18-54(46)71-32-12-27-66-25-6-7-26-66)62-57-60-22-20-52(63-57)44-14-10-13-43(34-44)40-73-56/h5,8,10-11,13-23,34-39,56H,3-4,6-7,9,12,24-33,40-42H2,1-2H3,(H,60,62,63)/b8-5+,15-11+. The summed E-state index contributed by atoms with van der Waals surface area (Å²) in [5, 5.41) is 3.41. The number of halogens is 1. The minimum Gasteiger partial charge on any atom is -0.493 e. The summed E-state index contributed by atoms with van der Waals surface area (Å²) in [5.41, 5.74) is 6.90. The molecule has 12 bridgehead atoms. The van der Waals surface area contributed by atoms with E-state index in [0.29, 0.717) is 61.8 Å². The Labute approximate surface area is 428 Å². The van der Waals surface area contributed by atoms with E-state index in [2.05, 4.69) is 40.1 Å². The Hall–Kier alpha value is -6.75. The predicted octanol–water partition coefficient (Wildman–Crippen LogP) is 11.1. The van der Waals surface area contributed by atoms with E-state index in [1.54, 1.807) is 24.5 Å². The minimum absolute atomic E-state index is 0.207. The lowest BCUT2D eigenvalue weighted by molar-refractivity contribution is 0.0741. The van der Waals surface area contributed by atoms with E-state index in [0.717, 1.165) is 103 Å². The number of nitrogens with one attached hydrogen (secondary N) is 1. The molecule has 0 aliphatic carbocycles. The van der Waals surface area contributed by atoms with Crippen molar-refractivity contribution in [2.45, 2.75) is 71.5 Å². The van der Waals surface area contributed by atoms with Crippen LogP contribution in [0.25, 0.3) is 22.5 Å². The zero-order valence-electron chi connectivity index (χ0n) is 42.1. The quantitative estimate of drug-likeness (QED) is 0.0870. The van der Waals surface area contributed by atoms with Gasteiger partial charge in [0.05, 0.1) is 57.6 Å². The van der Waals surface area contributed by atoms with Gasteiger partial charge in [-0.3, -0.25) is 4.90 Å². The van der Waals surface area contributed by atoms with E-state index >= 15 is 4.39 Å². The van der Waals surface area contributed by atoms with Gasteiger partial charge in [-0.2, -0.15) is 0 Å². The zero-order chi connectivity index (χ0) is 50.0. The van der Waals surface area contributed by atoms with Crippen molar-refractivity contribution in [2.75, 3.05) is 83.0 Å². The van der Waals surface area contributed by atoms with Crippen molar-refractivity contribution in [1.29, 1.82) is 0 Å². The average Bonchev–Trinajstić information content (AvgIpc) is 3.93. The third-order valence-electron chi connectivity index (χ3n) is 12.9. The Bertz CT molecular complexity index is 2790. The molecule has 5 heterocycles. The number of anilines is 4. The summed E-state index contributed by atoms with van der Waals surface area (Å²) in [4.78, 5) is 26.2. The van der Waals surface area contributed by atoms with Gasteiger partial charge < -0.3 is 43.5 Å². The number of likely N-dealkylation sites (tertiary alicyclic amines) is 1. The molecule has 1 fully saturated rings. The summed E-state index contributed by atoms with van der Waals surface area (Å²) in [6.07, 6.45) is 16.9. The van der Waals surface area contributed by atoms with Crippen LogP contribution in [0.15, 0.2) is 128 Å². The average molecular weight is 991 g/mol. The van der Waals surface area contributed by atoms with Crippen molar-refractivity contribution >= 4 is 23.3 Å². The van der Waals surface area contributed by atoms with Crippen molar-refractivity contribution in [3.63, 3.8) is 0 Å². The Morgan fingerprint density at radius 2 is 1.55 bits per heavy atom. The first-order valence-corrected chi connectivity index (χ1v) is 25.7. The Morgan fingerprint density at radius 1 is 0.753 bits per heavy atom. The maximum atomic E-state index is 15.3. The fourth-order valence-corrected chi connectivity index (χ4v) is 9.01. The van der Waals surface area contributed by atoms with E-state index in [1.165, 1.54) is 25.0 Å². The van der Waals surface area contributed by atoms with Crippen molar-refractivity contribution in [3.8, 4) is 39.8 Å². The topological polar surface area (TPSA) is 129 Å². The van der Waals surface area contributed by atoms with Crippen LogP contribution in [0.3, 0.4) is 0 Å². The van der Waals surface area contributed by atoms with E-state index in [4.69, 9.17) is 43.4 Å². The van der Waals surface area contributed by atoms with Crippen molar-refractivity contribution in [1.82, 2.24) is 29.7 Å². The molecule has 382 valence electrons. The molecule has 0 amide bonds. The number of hydrogen-bond donors (Lipinski definition) is 1. The molecular weight excluding hydrogens is 924 g/mol. The summed E-state index contributed by atoms with van der Waals surface area (Å²) in [6, 6.07) is 28.5. The highest BCUT2D eigenvalue weighted by molar-refractivity contribution is 5.67. The van der Waals surface area contributed by atoms with Gasteiger partial charge in [0.25, 0.3) is 0 Å². The van der Waals surface area contributed by atoms with E-state index < -0.39 is 12.0 Å². The fraction of sp³-hybridized carbons (Fsp3) is 0.379. The highest BCUT2D eigenvalue weighted by Crippen LogP contribution is 2.35. The number of fused-ring (bicyclic) bond motifs is 14. The smallest absolute Gasteiger partial charge is 0.232 e. The third-order valence-corrected chi connectivity index (χ3v) is 12.9. The molecule has 1 N–H and O–H groups in total. The van der Waals surface area contributed by atoms with Gasteiger partial charge in [-0.25, -0.2) is 24.3 Å². The number of rotatable bonds is 13. The second-order valence-electron chi connectivity index (χ2n) is 18.5. The lowest BCUT2D eigenvalue weighted by Crippen LogP contribution is -2.33. The van der Waals surface area contributed by atoms with Gasteiger partial charge in [-0.1, -0.05) is 49.8 Å². The lowest BCUT2D eigenvalue weighted by Gasteiger charge is -2.31. The van der Waals surface area contributed by atoms with Crippen LogP contribution in [0.5, 0.6) is 17.2 Å². The number of ether oxygens (including phenoxy) is 6.